The summed E-state index contributed by atoms with van der Waals surface area (Å²) in [5, 5.41) is 7.78. The summed E-state index contributed by atoms with van der Waals surface area (Å²) in [5.74, 6) is 0.120. The number of nitrogens with one attached hydrogen (secondary N) is 2. The van der Waals surface area contributed by atoms with E-state index in [-0.39, 0.29) is 17.6 Å². The molecule has 0 radical (unpaired) electrons. The smallest absolute Gasteiger partial charge is 0.323 e. The molecular formula is C21H17FN4O2. The molecule has 140 valence electrons. The molecule has 6 nitrogen and oxygen atoms in total. The van der Waals surface area contributed by atoms with Crippen molar-refractivity contribution >= 4 is 22.8 Å². The Hall–Kier alpha value is -3.61. The molecule has 2 aromatic heterocycles. The fraction of sp³-hybridized carbons (Fsp3) is 0.143. The first kappa shape index (κ1) is 16.6. The van der Waals surface area contributed by atoms with Gasteiger partial charge < -0.3 is 14.4 Å². The minimum absolute atomic E-state index is 0.255. The van der Waals surface area contributed by atoms with Crippen molar-refractivity contribution in [3.8, 4) is 11.3 Å². The average molecular weight is 376 g/mol. The standard InChI is InChI=1S/C21H17FN4O2/c22-16-7-3-1-6-15(16)19-11-20(25-28-19)24-21(27)26-10-9-14-13-5-2-4-8-17(13)23-18(14)12-26/h1-8,11,23H,9-10,12H2,(H,24,25,27). The van der Waals surface area contributed by atoms with Crippen LogP contribution in [0.25, 0.3) is 22.2 Å². The fourth-order valence-corrected chi connectivity index (χ4v) is 3.68. The van der Waals surface area contributed by atoms with Gasteiger partial charge in [-0.05, 0) is 30.2 Å². The van der Waals surface area contributed by atoms with Gasteiger partial charge in [0.25, 0.3) is 0 Å². The minimum atomic E-state index is -0.404. The summed E-state index contributed by atoms with van der Waals surface area (Å²) in [6, 6.07) is 15.7. The summed E-state index contributed by atoms with van der Waals surface area (Å²) in [7, 11) is 0. The van der Waals surface area contributed by atoms with E-state index in [4.69, 9.17) is 4.52 Å². The zero-order chi connectivity index (χ0) is 19.1. The van der Waals surface area contributed by atoms with Crippen molar-refractivity contribution in [3.63, 3.8) is 0 Å². The summed E-state index contributed by atoms with van der Waals surface area (Å²) < 4.78 is 19.1. The number of amides is 2. The molecule has 0 unspecified atom stereocenters. The lowest BCUT2D eigenvalue weighted by molar-refractivity contribution is 0.205. The molecule has 2 N–H and O–H groups in total. The van der Waals surface area contributed by atoms with E-state index in [0.717, 1.165) is 17.6 Å². The van der Waals surface area contributed by atoms with E-state index in [2.05, 4.69) is 21.5 Å². The van der Waals surface area contributed by atoms with Crippen LogP contribution in [0.15, 0.2) is 59.1 Å². The number of para-hydroxylation sites is 1. The number of H-pyrrole nitrogens is 1. The zero-order valence-electron chi connectivity index (χ0n) is 14.9. The van der Waals surface area contributed by atoms with Crippen molar-refractivity contribution in [2.45, 2.75) is 13.0 Å². The maximum atomic E-state index is 13.9. The third kappa shape index (κ3) is 2.81. The molecule has 0 saturated heterocycles. The zero-order valence-corrected chi connectivity index (χ0v) is 14.9. The number of hydrogen-bond donors (Lipinski definition) is 2. The van der Waals surface area contributed by atoms with E-state index in [0.29, 0.717) is 18.7 Å². The molecule has 0 atom stereocenters. The maximum Gasteiger partial charge on any atom is 0.323 e. The van der Waals surface area contributed by atoms with Gasteiger partial charge in [-0.3, -0.25) is 5.32 Å². The molecule has 28 heavy (non-hydrogen) atoms. The van der Waals surface area contributed by atoms with Gasteiger partial charge in [0, 0.05) is 29.2 Å². The van der Waals surface area contributed by atoms with Gasteiger partial charge in [-0.25, -0.2) is 9.18 Å². The number of rotatable bonds is 2. The highest BCUT2D eigenvalue weighted by atomic mass is 19.1. The summed E-state index contributed by atoms with van der Waals surface area (Å²) in [5.41, 5.74) is 3.70. The molecular weight excluding hydrogens is 359 g/mol. The highest BCUT2D eigenvalue weighted by Gasteiger charge is 2.24. The SMILES string of the molecule is O=C(Nc1cc(-c2ccccc2F)on1)N1CCc2c([nH]c3ccccc23)C1. The second-order valence-electron chi connectivity index (χ2n) is 6.79. The molecule has 3 heterocycles. The Kier molecular flexibility index (Phi) is 3.86. The number of fused-ring (bicyclic) bond motifs is 3. The van der Waals surface area contributed by atoms with Crippen LogP contribution in [0.2, 0.25) is 0 Å². The van der Waals surface area contributed by atoms with Crippen LogP contribution in [0, 0.1) is 5.82 Å². The topological polar surface area (TPSA) is 74.2 Å². The molecule has 0 bridgehead atoms. The first-order valence-corrected chi connectivity index (χ1v) is 9.05. The number of aromatic amines is 1. The van der Waals surface area contributed by atoms with Gasteiger partial charge in [-0.15, -0.1) is 0 Å². The van der Waals surface area contributed by atoms with Crippen molar-refractivity contribution in [1.29, 1.82) is 0 Å². The molecule has 0 spiro atoms. The number of anilines is 1. The molecule has 0 aliphatic carbocycles. The molecule has 1 aliphatic rings. The summed E-state index contributed by atoms with van der Waals surface area (Å²) in [4.78, 5) is 17.8. The van der Waals surface area contributed by atoms with E-state index in [1.807, 2.05) is 18.2 Å². The van der Waals surface area contributed by atoms with Gasteiger partial charge in [0.1, 0.15) is 5.82 Å². The number of carbonyl (C=O) groups is 1. The van der Waals surface area contributed by atoms with Crippen LogP contribution in [0.1, 0.15) is 11.3 Å². The van der Waals surface area contributed by atoms with Crippen LogP contribution in [-0.4, -0.2) is 27.6 Å². The Morgan fingerprint density at radius 1 is 1.18 bits per heavy atom. The van der Waals surface area contributed by atoms with Crippen LogP contribution in [0.5, 0.6) is 0 Å². The second kappa shape index (κ2) is 6.53. The maximum absolute atomic E-state index is 13.9. The van der Waals surface area contributed by atoms with Gasteiger partial charge in [-0.1, -0.05) is 35.5 Å². The Morgan fingerprint density at radius 2 is 2.00 bits per heavy atom. The minimum Gasteiger partial charge on any atom is -0.357 e. The highest BCUT2D eigenvalue weighted by Crippen LogP contribution is 2.28. The molecule has 2 aromatic carbocycles. The van der Waals surface area contributed by atoms with Crippen molar-refractivity contribution < 1.29 is 13.7 Å². The van der Waals surface area contributed by atoms with E-state index in [1.165, 1.54) is 23.1 Å². The van der Waals surface area contributed by atoms with Gasteiger partial charge in [0.15, 0.2) is 11.6 Å². The van der Waals surface area contributed by atoms with Crippen LogP contribution in [-0.2, 0) is 13.0 Å². The van der Waals surface area contributed by atoms with Gasteiger partial charge in [0.05, 0.1) is 12.1 Å². The van der Waals surface area contributed by atoms with E-state index < -0.39 is 5.82 Å². The molecule has 2 amide bonds. The van der Waals surface area contributed by atoms with Crippen molar-refractivity contribution in [2.75, 3.05) is 11.9 Å². The predicted octanol–water partition coefficient (Wildman–Crippen LogP) is 4.55. The van der Waals surface area contributed by atoms with Crippen LogP contribution in [0.4, 0.5) is 15.0 Å². The second-order valence-corrected chi connectivity index (χ2v) is 6.79. The van der Waals surface area contributed by atoms with Crippen LogP contribution in [0.3, 0.4) is 0 Å². The lowest BCUT2D eigenvalue weighted by atomic mass is 10.0. The number of halogens is 1. The molecule has 1 aliphatic heterocycles. The summed E-state index contributed by atoms with van der Waals surface area (Å²) in [6.45, 7) is 1.10. The number of urea groups is 1. The number of carbonyl (C=O) groups excluding carboxylic acids is 1. The predicted molar refractivity (Wildman–Crippen MR) is 103 cm³/mol. The van der Waals surface area contributed by atoms with Crippen LogP contribution >= 0.6 is 0 Å². The number of hydrogen-bond acceptors (Lipinski definition) is 3. The number of nitrogens with zero attached hydrogens (tertiary/aromatic N) is 2. The van der Waals surface area contributed by atoms with E-state index in [1.54, 1.807) is 23.1 Å². The number of aromatic nitrogens is 2. The van der Waals surface area contributed by atoms with E-state index in [9.17, 15) is 9.18 Å². The van der Waals surface area contributed by atoms with Gasteiger partial charge >= 0.3 is 6.03 Å². The highest BCUT2D eigenvalue weighted by molar-refractivity contribution is 5.90. The molecule has 4 aromatic rings. The first-order valence-electron chi connectivity index (χ1n) is 9.05. The molecule has 5 rings (SSSR count). The Balaban J connectivity index is 1.32. The van der Waals surface area contributed by atoms with Crippen molar-refractivity contribution in [3.05, 3.63) is 71.7 Å². The lowest BCUT2D eigenvalue weighted by Gasteiger charge is -2.26. The van der Waals surface area contributed by atoms with Crippen molar-refractivity contribution in [2.24, 2.45) is 0 Å². The first-order chi connectivity index (χ1) is 13.7. The summed E-state index contributed by atoms with van der Waals surface area (Å²) >= 11 is 0. The van der Waals surface area contributed by atoms with E-state index >= 15 is 0 Å². The lowest BCUT2D eigenvalue weighted by Crippen LogP contribution is -2.38. The Bertz CT molecular complexity index is 1180. The van der Waals surface area contributed by atoms with Crippen LogP contribution < -0.4 is 5.32 Å². The van der Waals surface area contributed by atoms with Gasteiger partial charge in [0.2, 0.25) is 0 Å². The fourth-order valence-electron chi connectivity index (χ4n) is 3.68. The average Bonchev–Trinajstić information content (AvgIpc) is 3.32. The normalized spacial score (nSPS) is 13.5. The Morgan fingerprint density at radius 3 is 2.89 bits per heavy atom. The summed E-state index contributed by atoms with van der Waals surface area (Å²) in [6.07, 6.45) is 0.784. The largest absolute Gasteiger partial charge is 0.357 e. The third-order valence-electron chi connectivity index (χ3n) is 5.05. The number of benzene rings is 2. The van der Waals surface area contributed by atoms with Crippen molar-refractivity contribution in [1.82, 2.24) is 15.0 Å². The quantitative estimate of drug-likeness (QED) is 0.539. The Labute approximate surface area is 159 Å². The van der Waals surface area contributed by atoms with Gasteiger partial charge in [-0.2, -0.15) is 0 Å². The third-order valence-corrected chi connectivity index (χ3v) is 5.05. The molecule has 0 saturated carbocycles. The molecule has 7 heteroatoms. The molecule has 0 fully saturated rings. The monoisotopic (exact) mass is 376 g/mol.